The van der Waals surface area contributed by atoms with Gasteiger partial charge in [0, 0.05) is 13.1 Å². The number of aliphatic hydroxyl groups is 1. The lowest BCUT2D eigenvalue weighted by Crippen LogP contribution is -2.44. The fourth-order valence-corrected chi connectivity index (χ4v) is 2.05. The summed E-state index contributed by atoms with van der Waals surface area (Å²) < 4.78 is 5.44. The van der Waals surface area contributed by atoms with Crippen LogP contribution in [0.3, 0.4) is 0 Å². The number of likely N-dealkylation sites (tertiary alicyclic amines) is 1. The van der Waals surface area contributed by atoms with Crippen LogP contribution in [0.25, 0.3) is 0 Å². The van der Waals surface area contributed by atoms with Crippen molar-refractivity contribution in [1.82, 2.24) is 4.90 Å². The molecule has 1 heterocycles. The van der Waals surface area contributed by atoms with Gasteiger partial charge in [-0.25, -0.2) is 0 Å². The molecule has 0 unspecified atom stereocenters. The van der Waals surface area contributed by atoms with E-state index in [9.17, 15) is 9.90 Å². The van der Waals surface area contributed by atoms with Gasteiger partial charge in [-0.15, -0.1) is 0 Å². The van der Waals surface area contributed by atoms with Crippen molar-refractivity contribution >= 4 is 5.91 Å². The molecule has 1 fully saturated rings. The van der Waals surface area contributed by atoms with Gasteiger partial charge in [0.15, 0.2) is 6.61 Å². The monoisotopic (exact) mass is 249 g/mol. The Morgan fingerprint density at radius 3 is 2.83 bits per heavy atom. The Hall–Kier alpha value is -1.55. The van der Waals surface area contributed by atoms with E-state index in [1.165, 1.54) is 0 Å². The highest BCUT2D eigenvalue weighted by Gasteiger charge is 2.22. The number of aryl methyl sites for hydroxylation is 1. The van der Waals surface area contributed by atoms with E-state index < -0.39 is 0 Å². The quantitative estimate of drug-likeness (QED) is 0.880. The minimum atomic E-state index is -0.387. The molecule has 1 atom stereocenters. The number of ether oxygens (including phenoxy) is 1. The van der Waals surface area contributed by atoms with Crippen molar-refractivity contribution in [2.45, 2.75) is 25.9 Å². The van der Waals surface area contributed by atoms with Crippen LogP contribution in [0.1, 0.15) is 18.4 Å². The van der Waals surface area contributed by atoms with Gasteiger partial charge in [-0.05, 0) is 31.9 Å². The fraction of sp³-hybridized carbons (Fsp3) is 0.500. The number of hydrogen-bond acceptors (Lipinski definition) is 3. The molecule has 0 spiro atoms. The van der Waals surface area contributed by atoms with Gasteiger partial charge in [0.05, 0.1) is 6.10 Å². The minimum absolute atomic E-state index is 0.0375. The summed E-state index contributed by atoms with van der Waals surface area (Å²) in [7, 11) is 0. The Balaban J connectivity index is 1.82. The number of hydrogen-bond donors (Lipinski definition) is 1. The lowest BCUT2D eigenvalue weighted by atomic mass is 10.1. The third-order valence-corrected chi connectivity index (χ3v) is 3.13. The summed E-state index contributed by atoms with van der Waals surface area (Å²) >= 11 is 0. The number of benzene rings is 1. The Morgan fingerprint density at radius 2 is 2.17 bits per heavy atom. The maximum atomic E-state index is 11.9. The Kier molecular flexibility index (Phi) is 4.20. The highest BCUT2D eigenvalue weighted by atomic mass is 16.5. The van der Waals surface area contributed by atoms with Crippen molar-refractivity contribution < 1.29 is 14.6 Å². The number of carbonyl (C=O) groups excluding carboxylic acids is 1. The number of rotatable bonds is 3. The van der Waals surface area contributed by atoms with Crippen LogP contribution in [0.5, 0.6) is 5.75 Å². The molecule has 18 heavy (non-hydrogen) atoms. The summed E-state index contributed by atoms with van der Waals surface area (Å²) in [5.74, 6) is 0.640. The van der Waals surface area contributed by atoms with Crippen molar-refractivity contribution in [2.75, 3.05) is 19.7 Å². The molecular weight excluding hydrogens is 230 g/mol. The molecule has 1 aromatic carbocycles. The van der Waals surface area contributed by atoms with Gasteiger partial charge in [-0.3, -0.25) is 4.79 Å². The maximum Gasteiger partial charge on any atom is 0.260 e. The molecule has 1 saturated heterocycles. The van der Waals surface area contributed by atoms with Crippen LogP contribution in [0.15, 0.2) is 24.3 Å². The number of amides is 1. The highest BCUT2D eigenvalue weighted by Crippen LogP contribution is 2.13. The molecule has 4 heteroatoms. The van der Waals surface area contributed by atoms with E-state index in [-0.39, 0.29) is 18.6 Å². The average Bonchev–Trinajstić information content (AvgIpc) is 2.38. The Labute approximate surface area is 107 Å². The molecule has 4 nitrogen and oxygen atoms in total. The Morgan fingerprint density at radius 1 is 1.44 bits per heavy atom. The zero-order chi connectivity index (χ0) is 13.0. The molecule has 0 aromatic heterocycles. The highest BCUT2D eigenvalue weighted by molar-refractivity contribution is 5.77. The second-order valence-electron chi connectivity index (χ2n) is 4.74. The van der Waals surface area contributed by atoms with Crippen LogP contribution in [0, 0.1) is 6.92 Å². The predicted octanol–water partition coefficient (Wildman–Crippen LogP) is 1.36. The molecular formula is C14H19NO3. The van der Waals surface area contributed by atoms with Crippen molar-refractivity contribution in [1.29, 1.82) is 0 Å². The standard InChI is InChI=1S/C14H19NO3/c1-11-4-6-13(7-5-11)18-10-14(17)15-8-2-3-12(16)9-15/h4-7,12,16H,2-3,8-10H2,1H3/t12-/m0/s1. The molecule has 0 bridgehead atoms. The second kappa shape index (κ2) is 5.87. The molecule has 1 aliphatic heterocycles. The van der Waals surface area contributed by atoms with Gasteiger partial charge in [0.2, 0.25) is 0 Å². The summed E-state index contributed by atoms with van der Waals surface area (Å²) in [5, 5.41) is 9.51. The predicted molar refractivity (Wildman–Crippen MR) is 68.5 cm³/mol. The molecule has 0 aliphatic carbocycles. The lowest BCUT2D eigenvalue weighted by molar-refractivity contribution is -0.136. The molecule has 0 saturated carbocycles. The maximum absolute atomic E-state index is 11.9. The first-order chi connectivity index (χ1) is 8.65. The van der Waals surface area contributed by atoms with Crippen LogP contribution >= 0.6 is 0 Å². The van der Waals surface area contributed by atoms with E-state index >= 15 is 0 Å². The third-order valence-electron chi connectivity index (χ3n) is 3.13. The molecule has 98 valence electrons. The number of nitrogens with zero attached hydrogens (tertiary/aromatic N) is 1. The van der Waals surface area contributed by atoms with Crippen molar-refractivity contribution in [3.05, 3.63) is 29.8 Å². The first kappa shape index (κ1) is 12.9. The second-order valence-corrected chi connectivity index (χ2v) is 4.74. The smallest absolute Gasteiger partial charge is 0.260 e. The summed E-state index contributed by atoms with van der Waals surface area (Å²) in [4.78, 5) is 13.5. The summed E-state index contributed by atoms with van der Waals surface area (Å²) in [5.41, 5.74) is 1.16. The fourth-order valence-electron chi connectivity index (χ4n) is 2.05. The summed E-state index contributed by atoms with van der Waals surface area (Å²) in [6, 6.07) is 7.61. The van der Waals surface area contributed by atoms with Gasteiger partial charge in [0.25, 0.3) is 5.91 Å². The molecule has 1 aromatic rings. The molecule has 1 amide bonds. The van der Waals surface area contributed by atoms with Crippen LogP contribution < -0.4 is 4.74 Å². The first-order valence-electron chi connectivity index (χ1n) is 6.30. The van der Waals surface area contributed by atoms with Gasteiger partial charge in [-0.2, -0.15) is 0 Å². The van der Waals surface area contributed by atoms with Gasteiger partial charge in [-0.1, -0.05) is 17.7 Å². The number of aliphatic hydroxyl groups excluding tert-OH is 1. The van der Waals surface area contributed by atoms with Crippen LogP contribution in [-0.4, -0.2) is 41.7 Å². The van der Waals surface area contributed by atoms with Crippen LogP contribution in [0.4, 0.5) is 0 Å². The molecule has 1 N–H and O–H groups in total. The molecule has 0 radical (unpaired) electrons. The molecule has 2 rings (SSSR count). The normalized spacial score (nSPS) is 19.7. The number of β-amino-alcohol motifs (C(OH)–C–C–N with tert-alkyl or cyclic N) is 1. The number of piperidine rings is 1. The van der Waals surface area contributed by atoms with E-state index in [2.05, 4.69) is 0 Å². The van der Waals surface area contributed by atoms with Crippen molar-refractivity contribution in [3.8, 4) is 5.75 Å². The largest absolute Gasteiger partial charge is 0.484 e. The zero-order valence-electron chi connectivity index (χ0n) is 10.6. The van der Waals surface area contributed by atoms with E-state index in [1.807, 2.05) is 31.2 Å². The molecule has 1 aliphatic rings. The minimum Gasteiger partial charge on any atom is -0.484 e. The van der Waals surface area contributed by atoms with Crippen LogP contribution in [-0.2, 0) is 4.79 Å². The van der Waals surface area contributed by atoms with Crippen molar-refractivity contribution in [2.24, 2.45) is 0 Å². The van der Waals surface area contributed by atoms with Gasteiger partial charge >= 0.3 is 0 Å². The Bertz CT molecular complexity index is 402. The average molecular weight is 249 g/mol. The van der Waals surface area contributed by atoms with E-state index in [4.69, 9.17) is 4.74 Å². The van der Waals surface area contributed by atoms with E-state index in [1.54, 1.807) is 4.90 Å². The summed E-state index contributed by atoms with van der Waals surface area (Å²) in [6.45, 7) is 3.18. The first-order valence-corrected chi connectivity index (χ1v) is 6.30. The van der Waals surface area contributed by atoms with E-state index in [0.717, 1.165) is 18.4 Å². The van der Waals surface area contributed by atoms with E-state index in [0.29, 0.717) is 18.8 Å². The SMILES string of the molecule is Cc1ccc(OCC(=O)N2CCC[C@H](O)C2)cc1. The third kappa shape index (κ3) is 3.47. The summed E-state index contributed by atoms with van der Waals surface area (Å²) in [6.07, 6.45) is 1.25. The topological polar surface area (TPSA) is 49.8 Å². The zero-order valence-corrected chi connectivity index (χ0v) is 10.6. The lowest BCUT2D eigenvalue weighted by Gasteiger charge is -2.30. The van der Waals surface area contributed by atoms with Crippen molar-refractivity contribution in [3.63, 3.8) is 0 Å². The van der Waals surface area contributed by atoms with Gasteiger partial charge < -0.3 is 14.7 Å². The van der Waals surface area contributed by atoms with Crippen LogP contribution in [0.2, 0.25) is 0 Å². The van der Waals surface area contributed by atoms with Gasteiger partial charge in [0.1, 0.15) is 5.75 Å². The number of carbonyl (C=O) groups is 1.